The van der Waals surface area contributed by atoms with Crippen LogP contribution >= 0.6 is 15.9 Å². The van der Waals surface area contributed by atoms with E-state index < -0.39 is 0 Å². The van der Waals surface area contributed by atoms with Crippen LogP contribution in [0.15, 0.2) is 40.9 Å². The third-order valence-electron chi connectivity index (χ3n) is 2.68. The maximum atomic E-state index is 13.5. The quantitative estimate of drug-likeness (QED) is 0.776. The summed E-state index contributed by atoms with van der Waals surface area (Å²) >= 11 is 3.13. The fraction of sp³-hybridized carbons (Fsp3) is 0.200. The molecule has 0 saturated heterocycles. The van der Waals surface area contributed by atoms with E-state index in [9.17, 15) is 4.39 Å². The van der Waals surface area contributed by atoms with Gasteiger partial charge in [-0.1, -0.05) is 6.92 Å². The van der Waals surface area contributed by atoms with Gasteiger partial charge in [-0.05, 0) is 52.7 Å². The smallest absolute Gasteiger partial charge is 0.144 e. The molecule has 2 aromatic rings. The van der Waals surface area contributed by atoms with Gasteiger partial charge in [0.15, 0.2) is 0 Å². The summed E-state index contributed by atoms with van der Waals surface area (Å²) in [6.07, 6.45) is 0.912. The zero-order chi connectivity index (χ0) is 14.5. The van der Waals surface area contributed by atoms with Crippen LogP contribution in [0.1, 0.15) is 13.3 Å². The predicted octanol–water partition coefficient (Wildman–Crippen LogP) is 4.70. The van der Waals surface area contributed by atoms with E-state index in [0.717, 1.165) is 12.1 Å². The van der Waals surface area contributed by atoms with Crippen molar-refractivity contribution in [2.45, 2.75) is 13.3 Å². The average Bonchev–Trinajstić information content (AvgIpc) is 2.43. The molecule has 0 aliphatic heterocycles. The lowest BCUT2D eigenvalue weighted by Gasteiger charge is -2.12. The summed E-state index contributed by atoms with van der Waals surface area (Å²) in [5.74, 6) is 0.322. The molecule has 0 aromatic heterocycles. The van der Waals surface area contributed by atoms with Crippen molar-refractivity contribution >= 4 is 33.0 Å². The summed E-state index contributed by atoms with van der Waals surface area (Å²) in [4.78, 5) is 0. The van der Waals surface area contributed by atoms with E-state index in [1.54, 1.807) is 18.2 Å². The van der Waals surface area contributed by atoms with Crippen molar-refractivity contribution < 1.29 is 9.13 Å². The molecule has 5 heteroatoms. The molecule has 0 aliphatic carbocycles. The van der Waals surface area contributed by atoms with Gasteiger partial charge in [-0.3, -0.25) is 0 Å². The number of halogens is 2. The molecule has 0 bridgehead atoms. The van der Waals surface area contributed by atoms with Gasteiger partial charge in [0.1, 0.15) is 11.6 Å². The normalized spacial score (nSPS) is 10.3. The van der Waals surface area contributed by atoms with E-state index in [1.165, 1.54) is 6.07 Å². The second kappa shape index (κ2) is 6.61. The van der Waals surface area contributed by atoms with E-state index in [1.807, 2.05) is 19.1 Å². The fourth-order valence-electron chi connectivity index (χ4n) is 1.69. The van der Waals surface area contributed by atoms with Crippen molar-refractivity contribution in [3.63, 3.8) is 0 Å². The van der Waals surface area contributed by atoms with Crippen LogP contribution in [-0.4, -0.2) is 6.61 Å². The molecule has 3 N–H and O–H groups in total. The third kappa shape index (κ3) is 3.63. The molecule has 0 unspecified atom stereocenters. The molecule has 20 heavy (non-hydrogen) atoms. The number of hydrogen-bond acceptors (Lipinski definition) is 3. The summed E-state index contributed by atoms with van der Waals surface area (Å²) in [5.41, 5.74) is 7.90. The van der Waals surface area contributed by atoms with E-state index in [4.69, 9.17) is 10.5 Å². The van der Waals surface area contributed by atoms with Crippen LogP contribution < -0.4 is 15.8 Å². The SMILES string of the molecule is CCCOc1cc(Nc2ccc(Br)c(F)c2)ccc1N. The van der Waals surface area contributed by atoms with E-state index in [-0.39, 0.29) is 5.82 Å². The second-order valence-electron chi connectivity index (χ2n) is 4.35. The molecule has 0 saturated carbocycles. The van der Waals surface area contributed by atoms with Crippen molar-refractivity contribution in [1.29, 1.82) is 0 Å². The van der Waals surface area contributed by atoms with Crippen LogP contribution in [0.4, 0.5) is 21.5 Å². The van der Waals surface area contributed by atoms with Crippen molar-refractivity contribution in [3.8, 4) is 5.75 Å². The predicted molar refractivity (Wildman–Crippen MR) is 84.0 cm³/mol. The lowest BCUT2D eigenvalue weighted by molar-refractivity contribution is 0.319. The van der Waals surface area contributed by atoms with Crippen molar-refractivity contribution in [1.82, 2.24) is 0 Å². The van der Waals surface area contributed by atoms with Gasteiger partial charge in [0, 0.05) is 17.4 Å². The minimum Gasteiger partial charge on any atom is -0.491 e. The van der Waals surface area contributed by atoms with E-state index in [0.29, 0.717) is 28.2 Å². The molecule has 0 atom stereocenters. The van der Waals surface area contributed by atoms with Gasteiger partial charge >= 0.3 is 0 Å². The third-order valence-corrected chi connectivity index (χ3v) is 3.33. The zero-order valence-corrected chi connectivity index (χ0v) is 12.7. The van der Waals surface area contributed by atoms with Gasteiger partial charge in [-0.2, -0.15) is 0 Å². The second-order valence-corrected chi connectivity index (χ2v) is 5.21. The minimum absolute atomic E-state index is 0.312. The van der Waals surface area contributed by atoms with Gasteiger partial charge in [0.2, 0.25) is 0 Å². The molecule has 0 heterocycles. The maximum Gasteiger partial charge on any atom is 0.144 e. The molecular weight excluding hydrogens is 323 g/mol. The highest BCUT2D eigenvalue weighted by atomic mass is 79.9. The van der Waals surface area contributed by atoms with Crippen LogP contribution in [0, 0.1) is 5.82 Å². The molecule has 2 aromatic carbocycles. The highest BCUT2D eigenvalue weighted by Crippen LogP contribution is 2.28. The van der Waals surface area contributed by atoms with E-state index in [2.05, 4.69) is 21.2 Å². The molecule has 0 spiro atoms. The maximum absolute atomic E-state index is 13.5. The van der Waals surface area contributed by atoms with Crippen LogP contribution in [0.5, 0.6) is 5.75 Å². The van der Waals surface area contributed by atoms with Crippen LogP contribution in [0.3, 0.4) is 0 Å². The standard InChI is InChI=1S/C15H16BrFN2O/c1-2-7-20-15-9-11(4-6-14(15)18)19-10-3-5-12(16)13(17)8-10/h3-6,8-9,19H,2,7,18H2,1H3. The first-order valence-corrected chi connectivity index (χ1v) is 7.14. The number of nitrogens with one attached hydrogen (secondary N) is 1. The largest absolute Gasteiger partial charge is 0.491 e. The number of nitrogens with two attached hydrogens (primary N) is 1. The Bertz CT molecular complexity index is 604. The fourth-order valence-corrected chi connectivity index (χ4v) is 1.94. The number of ether oxygens (including phenoxy) is 1. The summed E-state index contributed by atoms with van der Waals surface area (Å²) < 4.78 is 19.5. The monoisotopic (exact) mass is 338 g/mol. The van der Waals surface area contributed by atoms with Gasteiger partial charge in [0.05, 0.1) is 16.8 Å². The molecule has 106 valence electrons. The number of anilines is 3. The Labute approximate surface area is 126 Å². The first-order chi connectivity index (χ1) is 9.60. The first-order valence-electron chi connectivity index (χ1n) is 6.34. The van der Waals surface area contributed by atoms with Gasteiger partial charge in [0.25, 0.3) is 0 Å². The van der Waals surface area contributed by atoms with E-state index >= 15 is 0 Å². The molecule has 0 amide bonds. The summed E-state index contributed by atoms with van der Waals surface area (Å²) in [5, 5.41) is 3.12. The first kappa shape index (κ1) is 14.7. The average molecular weight is 339 g/mol. The minimum atomic E-state index is -0.312. The highest BCUT2D eigenvalue weighted by Gasteiger charge is 2.04. The number of hydrogen-bond donors (Lipinski definition) is 2. The molecule has 0 radical (unpaired) electrons. The molecular formula is C15H16BrFN2O. The number of benzene rings is 2. The van der Waals surface area contributed by atoms with Crippen LogP contribution in [-0.2, 0) is 0 Å². The Morgan fingerprint density at radius 1 is 1.20 bits per heavy atom. The van der Waals surface area contributed by atoms with Gasteiger partial charge in [-0.25, -0.2) is 4.39 Å². The van der Waals surface area contributed by atoms with Crippen LogP contribution in [0.25, 0.3) is 0 Å². The lowest BCUT2D eigenvalue weighted by Crippen LogP contribution is -2.00. The number of rotatable bonds is 5. The molecule has 2 rings (SSSR count). The van der Waals surface area contributed by atoms with Crippen LogP contribution in [0.2, 0.25) is 0 Å². The summed E-state index contributed by atoms with van der Waals surface area (Å²) in [7, 11) is 0. The molecule has 0 fully saturated rings. The number of nitrogen functional groups attached to an aromatic ring is 1. The molecule has 3 nitrogen and oxygen atoms in total. The summed E-state index contributed by atoms with van der Waals surface area (Å²) in [6.45, 7) is 2.64. The Morgan fingerprint density at radius 3 is 2.60 bits per heavy atom. The van der Waals surface area contributed by atoms with Crippen molar-refractivity contribution in [2.75, 3.05) is 17.7 Å². The molecule has 0 aliphatic rings. The topological polar surface area (TPSA) is 47.3 Å². The Morgan fingerprint density at radius 2 is 1.90 bits per heavy atom. The Kier molecular flexibility index (Phi) is 4.84. The van der Waals surface area contributed by atoms with Gasteiger partial charge < -0.3 is 15.8 Å². The Hall–Kier alpha value is -1.75. The lowest BCUT2D eigenvalue weighted by atomic mass is 10.2. The zero-order valence-electron chi connectivity index (χ0n) is 11.1. The van der Waals surface area contributed by atoms with Gasteiger partial charge in [-0.15, -0.1) is 0 Å². The van der Waals surface area contributed by atoms with Crippen molar-refractivity contribution in [2.24, 2.45) is 0 Å². The summed E-state index contributed by atoms with van der Waals surface area (Å²) in [6, 6.07) is 10.3. The van der Waals surface area contributed by atoms with Crippen molar-refractivity contribution in [3.05, 3.63) is 46.7 Å². The highest BCUT2D eigenvalue weighted by molar-refractivity contribution is 9.10. The Balaban J connectivity index is 2.18.